The van der Waals surface area contributed by atoms with Crippen LogP contribution in [0, 0.1) is 17.5 Å². The first kappa shape index (κ1) is 16.2. The van der Waals surface area contributed by atoms with Crippen molar-refractivity contribution >= 4 is 22.4 Å². The molecule has 0 aliphatic rings. The van der Waals surface area contributed by atoms with Crippen LogP contribution in [0.3, 0.4) is 0 Å². The zero-order valence-corrected chi connectivity index (χ0v) is 13.0. The zero-order valence-electron chi connectivity index (χ0n) is 12.2. The molecule has 1 N–H and O–H groups in total. The van der Waals surface area contributed by atoms with Crippen molar-refractivity contribution in [3.8, 4) is 11.3 Å². The summed E-state index contributed by atoms with van der Waals surface area (Å²) in [5.74, 6) is -1.87. The van der Waals surface area contributed by atoms with Gasteiger partial charge >= 0.3 is 0 Å². The fraction of sp³-hybridized carbons (Fsp3) is 0.0588. The number of carbonyl (C=O) groups is 1. The van der Waals surface area contributed by atoms with Gasteiger partial charge in [0.05, 0.1) is 12.1 Å². The summed E-state index contributed by atoms with van der Waals surface area (Å²) in [6.45, 7) is 0. The van der Waals surface area contributed by atoms with Crippen LogP contribution in [-0.4, -0.2) is 10.9 Å². The van der Waals surface area contributed by atoms with Crippen LogP contribution < -0.4 is 5.32 Å². The van der Waals surface area contributed by atoms with E-state index in [-0.39, 0.29) is 34.5 Å². The van der Waals surface area contributed by atoms with E-state index in [0.717, 1.165) is 29.5 Å². The van der Waals surface area contributed by atoms with Gasteiger partial charge < -0.3 is 5.32 Å². The van der Waals surface area contributed by atoms with E-state index in [1.165, 1.54) is 29.6 Å². The Labute approximate surface area is 139 Å². The first-order chi connectivity index (χ1) is 11.5. The minimum atomic E-state index is -0.592. The van der Waals surface area contributed by atoms with Gasteiger partial charge in [0, 0.05) is 10.9 Å². The number of hydrogen-bond donors (Lipinski definition) is 1. The van der Waals surface area contributed by atoms with Crippen molar-refractivity contribution in [3.63, 3.8) is 0 Å². The lowest BCUT2D eigenvalue weighted by Gasteiger charge is -2.02. The Kier molecular flexibility index (Phi) is 4.61. The highest BCUT2D eigenvalue weighted by molar-refractivity contribution is 7.14. The predicted octanol–water partition coefficient (Wildman–Crippen LogP) is 4.41. The summed E-state index contributed by atoms with van der Waals surface area (Å²) in [4.78, 5) is 16.1. The third-order valence-corrected chi connectivity index (χ3v) is 3.99. The van der Waals surface area contributed by atoms with Crippen molar-refractivity contribution in [2.45, 2.75) is 6.42 Å². The number of aromatic nitrogens is 1. The minimum Gasteiger partial charge on any atom is -0.302 e. The lowest BCUT2D eigenvalue weighted by atomic mass is 10.1. The minimum absolute atomic E-state index is 0.0327. The molecule has 122 valence electrons. The van der Waals surface area contributed by atoms with Gasteiger partial charge in [-0.15, -0.1) is 11.3 Å². The molecule has 1 heterocycles. The van der Waals surface area contributed by atoms with Gasteiger partial charge in [-0.1, -0.05) is 12.1 Å². The third-order valence-electron chi connectivity index (χ3n) is 3.23. The van der Waals surface area contributed by atoms with Gasteiger partial charge in [0.25, 0.3) is 0 Å². The number of hydrogen-bond acceptors (Lipinski definition) is 3. The molecule has 24 heavy (non-hydrogen) atoms. The number of carbonyl (C=O) groups excluding carboxylic acids is 1. The third kappa shape index (κ3) is 3.80. The summed E-state index contributed by atoms with van der Waals surface area (Å²) in [5, 5.41) is 4.40. The van der Waals surface area contributed by atoms with E-state index in [0.29, 0.717) is 5.56 Å². The Balaban J connectivity index is 1.70. The van der Waals surface area contributed by atoms with Gasteiger partial charge in [0.1, 0.15) is 17.5 Å². The number of nitrogens with one attached hydrogen (secondary N) is 1. The molecule has 3 aromatic rings. The summed E-state index contributed by atoms with van der Waals surface area (Å²) in [6.07, 6.45) is 0.0590. The van der Waals surface area contributed by atoms with Gasteiger partial charge in [0.15, 0.2) is 5.13 Å². The van der Waals surface area contributed by atoms with Crippen LogP contribution in [0.25, 0.3) is 11.3 Å². The van der Waals surface area contributed by atoms with Crippen LogP contribution >= 0.6 is 11.3 Å². The van der Waals surface area contributed by atoms with Gasteiger partial charge in [-0.2, -0.15) is 0 Å². The largest absolute Gasteiger partial charge is 0.302 e. The molecule has 0 aliphatic carbocycles. The molecular weight excluding hydrogens is 337 g/mol. The first-order valence-electron chi connectivity index (χ1n) is 6.96. The molecule has 0 aliphatic heterocycles. The van der Waals surface area contributed by atoms with E-state index in [9.17, 15) is 18.0 Å². The number of thiazole rings is 1. The maximum atomic E-state index is 13.7. The number of nitrogens with zero attached hydrogens (tertiary/aromatic N) is 1. The topological polar surface area (TPSA) is 42.0 Å². The Bertz CT molecular complexity index is 878. The Morgan fingerprint density at radius 1 is 1.04 bits per heavy atom. The fourth-order valence-electron chi connectivity index (χ4n) is 2.10. The van der Waals surface area contributed by atoms with Crippen LogP contribution in [-0.2, 0) is 11.2 Å². The van der Waals surface area contributed by atoms with Crippen LogP contribution in [0.1, 0.15) is 5.56 Å². The number of benzene rings is 2. The highest BCUT2D eigenvalue weighted by atomic mass is 32.1. The van der Waals surface area contributed by atoms with E-state index < -0.39 is 11.6 Å². The second kappa shape index (κ2) is 6.84. The number of rotatable bonds is 4. The summed E-state index contributed by atoms with van der Waals surface area (Å²) in [6, 6.07) is 8.68. The van der Waals surface area contributed by atoms with Crippen molar-refractivity contribution in [1.29, 1.82) is 0 Å². The van der Waals surface area contributed by atoms with Crippen molar-refractivity contribution in [2.24, 2.45) is 0 Å². The number of amides is 1. The molecule has 1 aromatic heterocycles. The molecular formula is C17H11F3N2OS. The highest BCUT2D eigenvalue weighted by Crippen LogP contribution is 2.27. The average molecular weight is 348 g/mol. The maximum absolute atomic E-state index is 13.7. The average Bonchev–Trinajstić information content (AvgIpc) is 3.00. The molecule has 0 radical (unpaired) electrons. The van der Waals surface area contributed by atoms with Crippen molar-refractivity contribution in [2.75, 3.05) is 5.32 Å². The molecule has 0 spiro atoms. The molecule has 3 nitrogen and oxygen atoms in total. The normalized spacial score (nSPS) is 10.6. The molecule has 0 atom stereocenters. The highest BCUT2D eigenvalue weighted by Gasteiger charge is 2.12. The van der Waals surface area contributed by atoms with Crippen LogP contribution in [0.2, 0.25) is 0 Å². The molecule has 7 heteroatoms. The zero-order chi connectivity index (χ0) is 17.1. The van der Waals surface area contributed by atoms with Crippen LogP contribution in [0.5, 0.6) is 0 Å². The number of halogens is 3. The van der Waals surface area contributed by atoms with Crippen molar-refractivity contribution in [3.05, 3.63) is 70.9 Å². The van der Waals surface area contributed by atoms with Gasteiger partial charge in [-0.25, -0.2) is 18.2 Å². The predicted molar refractivity (Wildman–Crippen MR) is 86.2 cm³/mol. The van der Waals surface area contributed by atoms with E-state index >= 15 is 0 Å². The standard InChI is InChI=1S/C17H11F3N2OS/c18-11-3-1-10(2-4-11)7-16(23)22-17-21-15(9-24-17)13-8-12(19)5-6-14(13)20/h1-6,8-9H,7H2,(H,21,22,23). The second-order valence-corrected chi connectivity index (χ2v) is 5.87. The first-order valence-corrected chi connectivity index (χ1v) is 7.84. The Morgan fingerprint density at radius 2 is 1.75 bits per heavy atom. The quantitative estimate of drug-likeness (QED) is 0.759. The summed E-state index contributed by atoms with van der Waals surface area (Å²) >= 11 is 1.11. The molecule has 0 bridgehead atoms. The SMILES string of the molecule is O=C(Cc1ccc(F)cc1)Nc1nc(-c2cc(F)ccc2F)cs1. The Morgan fingerprint density at radius 3 is 2.50 bits per heavy atom. The Hall–Kier alpha value is -2.67. The molecule has 0 saturated carbocycles. The molecule has 1 amide bonds. The van der Waals surface area contributed by atoms with Gasteiger partial charge in [-0.05, 0) is 35.9 Å². The fourth-order valence-corrected chi connectivity index (χ4v) is 2.83. The smallest absolute Gasteiger partial charge is 0.230 e. The molecule has 0 unspecified atom stereocenters. The van der Waals surface area contributed by atoms with E-state index in [4.69, 9.17) is 0 Å². The van der Waals surface area contributed by atoms with Gasteiger partial charge in [0.2, 0.25) is 5.91 Å². The monoisotopic (exact) mass is 348 g/mol. The van der Waals surface area contributed by atoms with Crippen molar-refractivity contribution in [1.82, 2.24) is 4.98 Å². The number of anilines is 1. The van der Waals surface area contributed by atoms with Crippen molar-refractivity contribution < 1.29 is 18.0 Å². The molecule has 3 rings (SSSR count). The molecule has 0 fully saturated rings. The lowest BCUT2D eigenvalue weighted by Crippen LogP contribution is -2.14. The van der Waals surface area contributed by atoms with E-state index in [1.807, 2.05) is 0 Å². The van der Waals surface area contributed by atoms with Crippen LogP contribution in [0.4, 0.5) is 18.3 Å². The molecule has 0 saturated heterocycles. The molecule has 2 aromatic carbocycles. The second-order valence-electron chi connectivity index (χ2n) is 5.01. The van der Waals surface area contributed by atoms with Crippen LogP contribution in [0.15, 0.2) is 47.8 Å². The maximum Gasteiger partial charge on any atom is 0.230 e. The summed E-state index contributed by atoms with van der Waals surface area (Å²) in [5.41, 5.74) is 0.932. The van der Waals surface area contributed by atoms with E-state index in [2.05, 4.69) is 10.3 Å². The van der Waals surface area contributed by atoms with E-state index in [1.54, 1.807) is 0 Å². The van der Waals surface area contributed by atoms with Gasteiger partial charge in [-0.3, -0.25) is 4.79 Å². The lowest BCUT2D eigenvalue weighted by molar-refractivity contribution is -0.115. The summed E-state index contributed by atoms with van der Waals surface area (Å²) in [7, 11) is 0. The summed E-state index contributed by atoms with van der Waals surface area (Å²) < 4.78 is 39.8.